The molecule has 1 N–H and O–H groups in total. The number of rotatable bonds is 4. The molecule has 1 saturated heterocycles. The van der Waals surface area contributed by atoms with Crippen LogP contribution >= 0.6 is 11.8 Å². The summed E-state index contributed by atoms with van der Waals surface area (Å²) in [5, 5.41) is 3.70. The first-order valence-electron chi connectivity index (χ1n) is 7.32. The van der Waals surface area contributed by atoms with Crippen molar-refractivity contribution in [3.8, 4) is 0 Å². The van der Waals surface area contributed by atoms with Crippen LogP contribution in [0, 0.1) is 5.92 Å². The Labute approximate surface area is 122 Å². The first-order chi connectivity index (χ1) is 9.20. The second-order valence-electron chi connectivity index (χ2n) is 5.75. The molecule has 106 valence electrons. The van der Waals surface area contributed by atoms with Gasteiger partial charge in [0.1, 0.15) is 0 Å². The smallest absolute Gasteiger partial charge is 0.0504 e. The fraction of sp³-hybridized carbons (Fsp3) is 0.625. The highest BCUT2D eigenvalue weighted by Crippen LogP contribution is 2.29. The lowest BCUT2D eigenvalue weighted by molar-refractivity contribution is 0.436. The fourth-order valence-corrected chi connectivity index (χ4v) is 3.46. The van der Waals surface area contributed by atoms with Gasteiger partial charge in [0, 0.05) is 24.0 Å². The van der Waals surface area contributed by atoms with E-state index in [1.165, 1.54) is 30.0 Å². The van der Waals surface area contributed by atoms with Crippen molar-refractivity contribution in [1.82, 2.24) is 5.32 Å². The van der Waals surface area contributed by atoms with Gasteiger partial charge in [0.2, 0.25) is 0 Å². The normalized spacial score (nSPS) is 20.6. The Balaban J connectivity index is 2.13. The van der Waals surface area contributed by atoms with Crippen molar-refractivity contribution in [2.24, 2.45) is 5.92 Å². The van der Waals surface area contributed by atoms with Crippen molar-refractivity contribution in [1.29, 1.82) is 0 Å². The van der Waals surface area contributed by atoms with Crippen LogP contribution in [0.3, 0.4) is 0 Å². The number of thioether (sulfide) groups is 1. The molecule has 0 radical (unpaired) electrons. The Bertz CT molecular complexity index is 392. The zero-order valence-corrected chi connectivity index (χ0v) is 13.2. The van der Waals surface area contributed by atoms with Gasteiger partial charge in [-0.1, -0.05) is 26.0 Å². The summed E-state index contributed by atoms with van der Waals surface area (Å²) < 4.78 is 0. The van der Waals surface area contributed by atoms with Crippen molar-refractivity contribution in [3.05, 3.63) is 24.3 Å². The third-order valence-corrected chi connectivity index (χ3v) is 4.45. The van der Waals surface area contributed by atoms with E-state index in [1.807, 2.05) is 11.8 Å². The number of benzene rings is 1. The Morgan fingerprint density at radius 1 is 1.37 bits per heavy atom. The van der Waals surface area contributed by atoms with Crippen LogP contribution in [0.5, 0.6) is 0 Å². The quantitative estimate of drug-likeness (QED) is 0.847. The lowest BCUT2D eigenvalue weighted by Crippen LogP contribution is -2.38. The molecule has 2 nitrogen and oxygen atoms in total. The average molecular weight is 278 g/mol. The predicted molar refractivity (Wildman–Crippen MR) is 86.3 cm³/mol. The summed E-state index contributed by atoms with van der Waals surface area (Å²) in [4.78, 5) is 3.96. The van der Waals surface area contributed by atoms with E-state index in [-0.39, 0.29) is 0 Å². The zero-order valence-electron chi connectivity index (χ0n) is 12.4. The van der Waals surface area contributed by atoms with Gasteiger partial charge in [-0.2, -0.15) is 0 Å². The monoisotopic (exact) mass is 278 g/mol. The summed E-state index contributed by atoms with van der Waals surface area (Å²) >= 11 is 1.85. The van der Waals surface area contributed by atoms with E-state index in [1.54, 1.807) is 0 Å². The van der Waals surface area contributed by atoms with Crippen molar-refractivity contribution < 1.29 is 0 Å². The minimum atomic E-state index is 0.623. The molecule has 0 aromatic heterocycles. The molecule has 1 unspecified atom stereocenters. The standard InChI is InChI=1S/C16H26N2S/c1-13(2)11-14-12-18(10-6-9-17-14)15-7-4-5-8-16(15)19-3/h4-5,7-8,13-14,17H,6,9-12H2,1-3H3. The van der Waals surface area contributed by atoms with E-state index in [0.29, 0.717) is 6.04 Å². The zero-order chi connectivity index (χ0) is 13.7. The Morgan fingerprint density at radius 3 is 2.89 bits per heavy atom. The lowest BCUT2D eigenvalue weighted by atomic mass is 10.0. The molecular weight excluding hydrogens is 252 g/mol. The summed E-state index contributed by atoms with van der Waals surface area (Å²) in [5.41, 5.74) is 1.41. The maximum absolute atomic E-state index is 3.70. The molecule has 1 heterocycles. The first kappa shape index (κ1) is 14.7. The minimum absolute atomic E-state index is 0.623. The molecule has 1 aromatic rings. The van der Waals surface area contributed by atoms with Gasteiger partial charge in [-0.15, -0.1) is 11.8 Å². The highest BCUT2D eigenvalue weighted by molar-refractivity contribution is 7.98. The fourth-order valence-electron chi connectivity index (χ4n) is 2.83. The second kappa shape index (κ2) is 7.20. The number of hydrogen-bond donors (Lipinski definition) is 1. The van der Waals surface area contributed by atoms with E-state index in [4.69, 9.17) is 0 Å². The second-order valence-corrected chi connectivity index (χ2v) is 6.60. The van der Waals surface area contributed by atoms with Crippen LogP contribution in [-0.4, -0.2) is 31.9 Å². The molecule has 0 amide bonds. The SMILES string of the molecule is CSc1ccccc1N1CCCNC(CC(C)C)C1. The Kier molecular flexibility index (Phi) is 5.59. The lowest BCUT2D eigenvalue weighted by Gasteiger charge is -2.28. The average Bonchev–Trinajstić information content (AvgIpc) is 2.63. The summed E-state index contributed by atoms with van der Waals surface area (Å²) in [6.45, 7) is 8.07. The predicted octanol–water partition coefficient (Wildman–Crippen LogP) is 3.62. The summed E-state index contributed by atoms with van der Waals surface area (Å²) in [6, 6.07) is 9.42. The van der Waals surface area contributed by atoms with Crippen molar-refractivity contribution in [2.45, 2.75) is 37.6 Å². The molecule has 0 saturated carbocycles. The molecule has 1 aliphatic heterocycles. The number of para-hydroxylation sites is 1. The Morgan fingerprint density at radius 2 is 2.16 bits per heavy atom. The van der Waals surface area contributed by atoms with Crippen LogP contribution in [0.15, 0.2) is 29.2 Å². The molecule has 0 bridgehead atoms. The highest BCUT2D eigenvalue weighted by Gasteiger charge is 2.20. The van der Waals surface area contributed by atoms with Gasteiger partial charge in [-0.25, -0.2) is 0 Å². The van der Waals surface area contributed by atoms with E-state index < -0.39 is 0 Å². The van der Waals surface area contributed by atoms with Crippen molar-refractivity contribution in [3.63, 3.8) is 0 Å². The van der Waals surface area contributed by atoms with Crippen molar-refractivity contribution in [2.75, 3.05) is 30.8 Å². The van der Waals surface area contributed by atoms with Gasteiger partial charge in [-0.05, 0) is 43.7 Å². The topological polar surface area (TPSA) is 15.3 Å². The van der Waals surface area contributed by atoms with Crippen LogP contribution in [0.4, 0.5) is 5.69 Å². The molecule has 1 aromatic carbocycles. The molecule has 1 atom stereocenters. The maximum atomic E-state index is 3.70. The summed E-state index contributed by atoms with van der Waals surface area (Å²) in [6.07, 6.45) is 4.66. The minimum Gasteiger partial charge on any atom is -0.369 e. The molecule has 0 spiro atoms. The van der Waals surface area contributed by atoms with E-state index in [9.17, 15) is 0 Å². The highest BCUT2D eigenvalue weighted by atomic mass is 32.2. The van der Waals surface area contributed by atoms with Crippen molar-refractivity contribution >= 4 is 17.4 Å². The number of nitrogens with one attached hydrogen (secondary N) is 1. The van der Waals surface area contributed by atoms with Gasteiger partial charge >= 0.3 is 0 Å². The third kappa shape index (κ3) is 4.15. The molecule has 1 fully saturated rings. The van der Waals surface area contributed by atoms with E-state index >= 15 is 0 Å². The van der Waals surface area contributed by atoms with Gasteiger partial charge in [-0.3, -0.25) is 0 Å². The molecule has 2 rings (SSSR count). The van der Waals surface area contributed by atoms with Gasteiger partial charge < -0.3 is 10.2 Å². The van der Waals surface area contributed by atoms with Gasteiger partial charge in [0.25, 0.3) is 0 Å². The summed E-state index contributed by atoms with van der Waals surface area (Å²) in [7, 11) is 0. The van der Waals surface area contributed by atoms with Gasteiger partial charge in [0.05, 0.1) is 5.69 Å². The number of nitrogens with zero attached hydrogens (tertiary/aromatic N) is 1. The molecule has 1 aliphatic rings. The molecule has 0 aliphatic carbocycles. The first-order valence-corrected chi connectivity index (χ1v) is 8.54. The maximum Gasteiger partial charge on any atom is 0.0504 e. The van der Waals surface area contributed by atoms with Crippen LogP contribution in [0.1, 0.15) is 26.7 Å². The molecule has 3 heteroatoms. The number of hydrogen-bond acceptors (Lipinski definition) is 3. The molecular formula is C16H26N2S. The van der Waals surface area contributed by atoms with Crippen LogP contribution < -0.4 is 10.2 Å². The van der Waals surface area contributed by atoms with Gasteiger partial charge in [0.15, 0.2) is 0 Å². The summed E-state index contributed by atoms with van der Waals surface area (Å²) in [5.74, 6) is 0.758. The Hall–Kier alpha value is -0.670. The number of anilines is 1. The van der Waals surface area contributed by atoms with Crippen LogP contribution in [-0.2, 0) is 0 Å². The van der Waals surface area contributed by atoms with Crippen LogP contribution in [0.25, 0.3) is 0 Å². The molecule has 19 heavy (non-hydrogen) atoms. The largest absolute Gasteiger partial charge is 0.369 e. The third-order valence-electron chi connectivity index (χ3n) is 3.66. The van der Waals surface area contributed by atoms with E-state index in [2.05, 4.69) is 54.6 Å². The van der Waals surface area contributed by atoms with E-state index in [0.717, 1.165) is 19.0 Å². The van der Waals surface area contributed by atoms with Crippen LogP contribution in [0.2, 0.25) is 0 Å².